The number of carbonyl (C=O) groups excluding carboxylic acids is 2. The molecule has 2 aromatic rings. The fourth-order valence-corrected chi connectivity index (χ4v) is 2.98. The number of ketones is 1. The van der Waals surface area contributed by atoms with E-state index in [2.05, 4.69) is 0 Å². The van der Waals surface area contributed by atoms with E-state index in [0.717, 1.165) is 0 Å². The van der Waals surface area contributed by atoms with Crippen molar-refractivity contribution in [3.8, 4) is 0 Å². The third-order valence-corrected chi connectivity index (χ3v) is 4.22. The standard InChI is InChI=1S/C20H18FNO3/c1-12(2)18(23)16-17(13-8-10-14(21)11-9-13)22(20(25)19(16)24)15-6-4-3-5-7-15/h3-12,17,24H,1-2H3. The van der Waals surface area contributed by atoms with Crippen LogP contribution < -0.4 is 4.90 Å². The Morgan fingerprint density at radius 2 is 1.68 bits per heavy atom. The molecule has 0 saturated carbocycles. The molecule has 1 amide bonds. The van der Waals surface area contributed by atoms with Gasteiger partial charge in [-0.05, 0) is 29.8 Å². The van der Waals surface area contributed by atoms with Crippen LogP contribution in [0.1, 0.15) is 25.5 Å². The van der Waals surface area contributed by atoms with E-state index in [1.807, 2.05) is 6.07 Å². The van der Waals surface area contributed by atoms with Gasteiger partial charge in [0.1, 0.15) is 5.82 Å². The Kier molecular flexibility index (Phi) is 4.40. The lowest BCUT2D eigenvalue weighted by atomic mass is 9.91. The summed E-state index contributed by atoms with van der Waals surface area (Å²) in [6.07, 6.45) is 0. The molecule has 4 nitrogen and oxygen atoms in total. The van der Waals surface area contributed by atoms with Gasteiger partial charge in [0.05, 0.1) is 11.6 Å². The van der Waals surface area contributed by atoms with Crippen LogP contribution in [0.5, 0.6) is 0 Å². The maximum Gasteiger partial charge on any atom is 0.294 e. The van der Waals surface area contributed by atoms with Gasteiger partial charge in [-0.2, -0.15) is 0 Å². The summed E-state index contributed by atoms with van der Waals surface area (Å²) in [6, 6.07) is 13.6. The number of carbonyl (C=O) groups is 2. The van der Waals surface area contributed by atoms with Crippen LogP contribution in [0.4, 0.5) is 10.1 Å². The van der Waals surface area contributed by atoms with Crippen LogP contribution in [0.25, 0.3) is 0 Å². The number of rotatable bonds is 4. The molecule has 0 aromatic heterocycles. The molecular formula is C20H18FNO3. The molecule has 1 N–H and O–H groups in total. The zero-order valence-corrected chi connectivity index (χ0v) is 13.9. The third-order valence-electron chi connectivity index (χ3n) is 4.22. The third kappa shape index (κ3) is 2.93. The van der Waals surface area contributed by atoms with E-state index in [1.165, 1.54) is 29.2 Å². The largest absolute Gasteiger partial charge is 0.503 e. The lowest BCUT2D eigenvalue weighted by molar-refractivity contribution is -0.119. The molecule has 2 aromatic carbocycles. The SMILES string of the molecule is CC(C)C(=O)C1=C(O)C(=O)N(c2ccccc2)C1c1ccc(F)cc1. The molecule has 0 fully saturated rings. The van der Waals surface area contributed by atoms with E-state index in [9.17, 15) is 19.1 Å². The first-order valence-electron chi connectivity index (χ1n) is 8.03. The monoisotopic (exact) mass is 339 g/mol. The van der Waals surface area contributed by atoms with Crippen LogP contribution in [0.15, 0.2) is 65.9 Å². The Hall–Kier alpha value is -2.95. The minimum atomic E-state index is -0.787. The number of aliphatic hydroxyl groups excluding tert-OH is 1. The number of aliphatic hydroxyl groups is 1. The Morgan fingerprint density at radius 3 is 2.24 bits per heavy atom. The number of nitrogens with zero attached hydrogens (tertiary/aromatic N) is 1. The van der Waals surface area contributed by atoms with Crippen LogP contribution in [0.3, 0.4) is 0 Å². The van der Waals surface area contributed by atoms with Gasteiger partial charge in [-0.25, -0.2) is 4.39 Å². The molecule has 0 spiro atoms. The zero-order chi connectivity index (χ0) is 18.1. The Balaban J connectivity index is 2.18. The normalized spacial score (nSPS) is 17.5. The predicted molar refractivity (Wildman–Crippen MR) is 92.6 cm³/mol. The van der Waals surface area contributed by atoms with Crippen LogP contribution >= 0.6 is 0 Å². The molecule has 0 radical (unpaired) electrons. The Labute approximate surface area is 145 Å². The second-order valence-corrected chi connectivity index (χ2v) is 6.25. The maximum atomic E-state index is 13.3. The first-order valence-corrected chi connectivity index (χ1v) is 8.03. The number of anilines is 1. The average Bonchev–Trinajstić information content (AvgIpc) is 2.87. The van der Waals surface area contributed by atoms with Crippen molar-refractivity contribution in [3.63, 3.8) is 0 Å². The highest BCUT2D eigenvalue weighted by Crippen LogP contribution is 2.41. The molecule has 1 aliphatic rings. The molecule has 3 rings (SSSR count). The summed E-state index contributed by atoms with van der Waals surface area (Å²) in [5.74, 6) is -2.28. The number of hydrogen-bond donors (Lipinski definition) is 1. The van der Waals surface area contributed by atoms with E-state index >= 15 is 0 Å². The van der Waals surface area contributed by atoms with Crippen LogP contribution in [-0.4, -0.2) is 16.8 Å². The van der Waals surface area contributed by atoms with Crippen molar-refractivity contribution >= 4 is 17.4 Å². The minimum absolute atomic E-state index is 0.0514. The first-order chi connectivity index (χ1) is 11.9. The fraction of sp³-hybridized carbons (Fsp3) is 0.200. The lowest BCUT2D eigenvalue weighted by Gasteiger charge is -2.27. The van der Waals surface area contributed by atoms with E-state index in [1.54, 1.807) is 38.1 Å². The molecule has 1 heterocycles. The molecular weight excluding hydrogens is 321 g/mol. The number of para-hydroxylation sites is 1. The van der Waals surface area contributed by atoms with Gasteiger partial charge in [0.15, 0.2) is 11.5 Å². The molecule has 1 aliphatic heterocycles. The number of Topliss-reactive ketones (excluding diaryl/α,β-unsaturated/α-hetero) is 1. The van der Waals surface area contributed by atoms with Crippen molar-refractivity contribution in [1.29, 1.82) is 0 Å². The van der Waals surface area contributed by atoms with Gasteiger partial charge in [-0.1, -0.05) is 44.2 Å². The van der Waals surface area contributed by atoms with Gasteiger partial charge in [0.2, 0.25) is 0 Å². The molecule has 25 heavy (non-hydrogen) atoms. The highest BCUT2D eigenvalue weighted by molar-refractivity contribution is 6.16. The van der Waals surface area contributed by atoms with E-state index in [0.29, 0.717) is 11.3 Å². The average molecular weight is 339 g/mol. The molecule has 1 atom stereocenters. The zero-order valence-electron chi connectivity index (χ0n) is 13.9. The Bertz CT molecular complexity index is 841. The van der Waals surface area contributed by atoms with Crippen molar-refractivity contribution in [2.75, 3.05) is 4.90 Å². The lowest BCUT2D eigenvalue weighted by Crippen LogP contribution is -2.31. The summed E-state index contributed by atoms with van der Waals surface area (Å²) in [5, 5.41) is 10.4. The molecule has 0 aliphatic carbocycles. The summed E-state index contributed by atoms with van der Waals surface area (Å²) in [4.78, 5) is 26.7. The van der Waals surface area contributed by atoms with Gasteiger partial charge < -0.3 is 5.11 Å². The van der Waals surface area contributed by atoms with Crippen molar-refractivity contribution in [1.82, 2.24) is 0 Å². The molecule has 5 heteroatoms. The summed E-state index contributed by atoms with van der Waals surface area (Å²) in [6.45, 7) is 3.42. The summed E-state index contributed by atoms with van der Waals surface area (Å²) in [7, 11) is 0. The highest BCUT2D eigenvalue weighted by Gasteiger charge is 2.44. The van der Waals surface area contributed by atoms with Gasteiger partial charge in [0.25, 0.3) is 5.91 Å². The minimum Gasteiger partial charge on any atom is -0.503 e. The van der Waals surface area contributed by atoms with Crippen molar-refractivity contribution in [2.45, 2.75) is 19.9 Å². The summed E-state index contributed by atoms with van der Waals surface area (Å²) in [5.41, 5.74) is 1.17. The van der Waals surface area contributed by atoms with Crippen molar-refractivity contribution in [2.24, 2.45) is 5.92 Å². The Morgan fingerprint density at radius 1 is 1.08 bits per heavy atom. The van der Waals surface area contributed by atoms with Crippen LogP contribution in [0.2, 0.25) is 0 Å². The van der Waals surface area contributed by atoms with Crippen LogP contribution in [-0.2, 0) is 9.59 Å². The van der Waals surface area contributed by atoms with Gasteiger partial charge >= 0.3 is 0 Å². The van der Waals surface area contributed by atoms with E-state index < -0.39 is 23.5 Å². The van der Waals surface area contributed by atoms with Gasteiger partial charge in [-0.3, -0.25) is 14.5 Å². The summed E-state index contributed by atoms with van der Waals surface area (Å²) < 4.78 is 13.3. The second-order valence-electron chi connectivity index (χ2n) is 6.25. The molecule has 1 unspecified atom stereocenters. The first kappa shape index (κ1) is 16.9. The van der Waals surface area contributed by atoms with Crippen LogP contribution in [0, 0.1) is 11.7 Å². The van der Waals surface area contributed by atoms with Crippen molar-refractivity contribution < 1.29 is 19.1 Å². The highest BCUT2D eigenvalue weighted by atomic mass is 19.1. The number of halogens is 1. The quantitative estimate of drug-likeness (QED) is 0.917. The predicted octanol–water partition coefficient (Wildman–Crippen LogP) is 3.95. The molecule has 0 saturated heterocycles. The maximum absolute atomic E-state index is 13.3. The topological polar surface area (TPSA) is 57.6 Å². The smallest absolute Gasteiger partial charge is 0.294 e. The number of hydrogen-bond acceptors (Lipinski definition) is 3. The van der Waals surface area contributed by atoms with Gasteiger partial charge in [-0.15, -0.1) is 0 Å². The number of benzene rings is 2. The summed E-state index contributed by atoms with van der Waals surface area (Å²) >= 11 is 0. The molecule has 128 valence electrons. The van der Waals surface area contributed by atoms with Crippen molar-refractivity contribution in [3.05, 3.63) is 77.3 Å². The fourth-order valence-electron chi connectivity index (χ4n) is 2.98. The second kappa shape index (κ2) is 6.51. The van der Waals surface area contributed by atoms with E-state index in [-0.39, 0.29) is 17.3 Å². The number of amides is 1. The molecule has 0 bridgehead atoms. The van der Waals surface area contributed by atoms with Gasteiger partial charge in [0, 0.05) is 11.6 Å². The van der Waals surface area contributed by atoms with E-state index in [4.69, 9.17) is 0 Å².